The standard InChI is InChI=1S/C14H19BrN4O2S/c1-4-7-21-13-10(11(15)5-6-12(13)20-3)8-16-19-9(2)17-18-14(19)22/h5-6,16H,4,7-8H2,1-3H3,(H,18,22). The van der Waals surface area contributed by atoms with Gasteiger partial charge in [-0.3, -0.25) is 5.10 Å². The van der Waals surface area contributed by atoms with Gasteiger partial charge in [-0.15, -0.1) is 0 Å². The number of H-pyrrole nitrogens is 1. The summed E-state index contributed by atoms with van der Waals surface area (Å²) in [5.41, 5.74) is 4.21. The maximum atomic E-state index is 5.87. The molecule has 0 spiro atoms. The number of aromatic nitrogens is 3. The smallest absolute Gasteiger partial charge is 0.214 e. The van der Waals surface area contributed by atoms with Crippen LogP contribution in [0.5, 0.6) is 11.5 Å². The van der Waals surface area contributed by atoms with Crippen molar-refractivity contribution in [1.29, 1.82) is 0 Å². The van der Waals surface area contributed by atoms with Gasteiger partial charge in [0, 0.05) is 10.0 Å². The molecule has 120 valence electrons. The highest BCUT2D eigenvalue weighted by Crippen LogP contribution is 2.36. The Kier molecular flexibility index (Phi) is 5.84. The van der Waals surface area contributed by atoms with Crippen molar-refractivity contribution in [3.8, 4) is 11.5 Å². The first-order valence-corrected chi connectivity index (χ1v) is 8.14. The van der Waals surface area contributed by atoms with Gasteiger partial charge in [-0.2, -0.15) is 5.10 Å². The van der Waals surface area contributed by atoms with E-state index in [1.54, 1.807) is 11.8 Å². The van der Waals surface area contributed by atoms with Crippen LogP contribution in [0.1, 0.15) is 24.7 Å². The number of methoxy groups -OCH3 is 1. The van der Waals surface area contributed by atoms with Crippen LogP contribution in [0.15, 0.2) is 16.6 Å². The van der Waals surface area contributed by atoms with E-state index in [1.165, 1.54) is 0 Å². The summed E-state index contributed by atoms with van der Waals surface area (Å²) in [5.74, 6) is 2.21. The molecular weight excluding hydrogens is 368 g/mol. The van der Waals surface area contributed by atoms with Crippen molar-refractivity contribution in [1.82, 2.24) is 14.9 Å². The Labute approximate surface area is 142 Å². The van der Waals surface area contributed by atoms with E-state index in [2.05, 4.69) is 38.5 Å². The van der Waals surface area contributed by atoms with Crippen molar-refractivity contribution in [2.45, 2.75) is 26.8 Å². The summed E-state index contributed by atoms with van der Waals surface area (Å²) in [5, 5.41) is 6.82. The van der Waals surface area contributed by atoms with Crippen molar-refractivity contribution in [3.63, 3.8) is 0 Å². The summed E-state index contributed by atoms with van der Waals surface area (Å²) in [7, 11) is 1.63. The maximum absolute atomic E-state index is 5.87. The molecule has 1 heterocycles. The number of hydrogen-bond acceptors (Lipinski definition) is 5. The van der Waals surface area contributed by atoms with Crippen molar-refractivity contribution in [2.24, 2.45) is 0 Å². The molecule has 0 saturated carbocycles. The minimum absolute atomic E-state index is 0.519. The van der Waals surface area contributed by atoms with Crippen LogP contribution >= 0.6 is 28.1 Å². The van der Waals surface area contributed by atoms with E-state index in [9.17, 15) is 0 Å². The predicted molar refractivity (Wildman–Crippen MR) is 91.7 cm³/mol. The van der Waals surface area contributed by atoms with Crippen molar-refractivity contribution < 1.29 is 9.47 Å². The van der Waals surface area contributed by atoms with Gasteiger partial charge in [0.15, 0.2) is 11.5 Å². The maximum Gasteiger partial charge on any atom is 0.214 e. The lowest BCUT2D eigenvalue weighted by Crippen LogP contribution is -2.17. The summed E-state index contributed by atoms with van der Waals surface area (Å²) in [6, 6.07) is 3.82. The molecule has 1 aromatic carbocycles. The van der Waals surface area contributed by atoms with Crippen LogP contribution in [-0.2, 0) is 6.54 Å². The molecular formula is C14H19BrN4O2S. The summed E-state index contributed by atoms with van der Waals surface area (Å²) in [4.78, 5) is 0. The molecule has 0 aliphatic carbocycles. The molecule has 0 saturated heterocycles. The lowest BCUT2D eigenvalue weighted by atomic mass is 10.2. The predicted octanol–water partition coefficient (Wildman–Crippen LogP) is 3.55. The number of hydrogen-bond donors (Lipinski definition) is 2. The Hall–Kier alpha value is -1.54. The second kappa shape index (κ2) is 7.64. The van der Waals surface area contributed by atoms with E-state index in [0.717, 1.165) is 28.0 Å². The van der Waals surface area contributed by atoms with Crippen LogP contribution in [0.4, 0.5) is 0 Å². The lowest BCUT2D eigenvalue weighted by molar-refractivity contribution is 0.291. The average molecular weight is 387 g/mol. The van der Waals surface area contributed by atoms with Crippen LogP contribution < -0.4 is 14.9 Å². The summed E-state index contributed by atoms with van der Waals surface area (Å²) >= 11 is 8.76. The van der Waals surface area contributed by atoms with Gasteiger partial charge in [0.05, 0.1) is 20.3 Å². The Morgan fingerprint density at radius 2 is 2.23 bits per heavy atom. The van der Waals surface area contributed by atoms with E-state index in [-0.39, 0.29) is 0 Å². The largest absolute Gasteiger partial charge is 0.493 e. The zero-order valence-corrected chi connectivity index (χ0v) is 15.2. The van der Waals surface area contributed by atoms with Gasteiger partial charge in [-0.25, -0.2) is 4.68 Å². The normalized spacial score (nSPS) is 10.5. The first-order chi connectivity index (χ1) is 10.6. The first kappa shape index (κ1) is 16.8. The Bertz CT molecular complexity index is 699. The number of aryl methyl sites for hydroxylation is 1. The fraction of sp³-hybridized carbons (Fsp3) is 0.429. The molecule has 8 heteroatoms. The van der Waals surface area contributed by atoms with Gasteiger partial charge in [0.25, 0.3) is 0 Å². The summed E-state index contributed by atoms with van der Waals surface area (Å²) in [6.45, 7) is 5.08. The number of nitrogens with one attached hydrogen (secondary N) is 2. The van der Waals surface area contributed by atoms with Crippen LogP contribution in [0.2, 0.25) is 0 Å². The molecule has 0 unspecified atom stereocenters. The molecule has 2 rings (SSSR count). The number of ether oxygens (including phenoxy) is 2. The fourth-order valence-corrected chi connectivity index (χ4v) is 2.68. The topological polar surface area (TPSA) is 64.1 Å². The number of aromatic amines is 1. The Morgan fingerprint density at radius 3 is 2.82 bits per heavy atom. The average Bonchev–Trinajstić information content (AvgIpc) is 2.83. The number of nitrogens with zero attached hydrogens (tertiary/aromatic N) is 2. The highest BCUT2D eigenvalue weighted by Gasteiger charge is 2.15. The van der Waals surface area contributed by atoms with Crippen LogP contribution in [-0.4, -0.2) is 28.6 Å². The molecule has 0 aliphatic heterocycles. The zero-order valence-electron chi connectivity index (χ0n) is 12.8. The third-order valence-corrected chi connectivity index (χ3v) is 4.11. The number of benzene rings is 1. The minimum atomic E-state index is 0.519. The number of rotatable bonds is 7. The SMILES string of the molecule is CCCOc1c(OC)ccc(Br)c1CNn1c(C)n[nH]c1=S. The third kappa shape index (κ3) is 3.61. The minimum Gasteiger partial charge on any atom is -0.493 e. The zero-order chi connectivity index (χ0) is 16.1. The van der Waals surface area contributed by atoms with Crippen LogP contribution in [0.3, 0.4) is 0 Å². The first-order valence-electron chi connectivity index (χ1n) is 6.94. The van der Waals surface area contributed by atoms with Gasteiger partial charge in [-0.05, 0) is 37.7 Å². The summed E-state index contributed by atoms with van der Waals surface area (Å²) < 4.78 is 14.5. The van der Waals surface area contributed by atoms with Crippen LogP contribution in [0.25, 0.3) is 0 Å². The van der Waals surface area contributed by atoms with E-state index in [0.29, 0.717) is 23.7 Å². The van der Waals surface area contributed by atoms with Crippen LogP contribution in [0, 0.1) is 11.7 Å². The van der Waals surface area contributed by atoms with Gasteiger partial charge in [0.1, 0.15) is 5.82 Å². The second-order valence-corrected chi connectivity index (χ2v) is 5.89. The monoisotopic (exact) mass is 386 g/mol. The third-order valence-electron chi connectivity index (χ3n) is 3.09. The molecule has 2 aromatic rings. The molecule has 0 amide bonds. The van der Waals surface area contributed by atoms with Gasteiger partial charge in [0.2, 0.25) is 4.77 Å². The molecule has 0 radical (unpaired) electrons. The van der Waals surface area contributed by atoms with E-state index in [4.69, 9.17) is 21.7 Å². The molecule has 0 atom stereocenters. The number of halogens is 1. The molecule has 0 aliphatic rings. The van der Waals surface area contributed by atoms with Crippen molar-refractivity contribution >= 4 is 28.1 Å². The van der Waals surface area contributed by atoms with Gasteiger partial charge < -0.3 is 14.9 Å². The second-order valence-electron chi connectivity index (χ2n) is 4.65. The Balaban J connectivity index is 2.30. The van der Waals surface area contributed by atoms with Crippen molar-refractivity contribution in [3.05, 3.63) is 32.8 Å². The highest BCUT2D eigenvalue weighted by atomic mass is 79.9. The molecule has 0 bridgehead atoms. The quantitative estimate of drug-likeness (QED) is 0.712. The van der Waals surface area contributed by atoms with E-state index in [1.807, 2.05) is 19.1 Å². The molecule has 22 heavy (non-hydrogen) atoms. The molecule has 1 aromatic heterocycles. The molecule has 2 N–H and O–H groups in total. The lowest BCUT2D eigenvalue weighted by Gasteiger charge is -2.17. The molecule has 0 fully saturated rings. The van der Waals surface area contributed by atoms with Gasteiger partial charge >= 0.3 is 0 Å². The summed E-state index contributed by atoms with van der Waals surface area (Å²) in [6.07, 6.45) is 0.925. The fourth-order valence-electron chi connectivity index (χ4n) is 1.99. The van der Waals surface area contributed by atoms with E-state index >= 15 is 0 Å². The van der Waals surface area contributed by atoms with Gasteiger partial charge in [-0.1, -0.05) is 22.9 Å². The van der Waals surface area contributed by atoms with E-state index < -0.39 is 0 Å². The molecule has 6 nitrogen and oxygen atoms in total. The van der Waals surface area contributed by atoms with Crippen molar-refractivity contribution in [2.75, 3.05) is 19.1 Å². The highest BCUT2D eigenvalue weighted by molar-refractivity contribution is 9.10. The Morgan fingerprint density at radius 1 is 1.45 bits per heavy atom.